The predicted octanol–water partition coefficient (Wildman–Crippen LogP) is 2.28. The molecule has 0 aromatic carbocycles. The first-order chi connectivity index (χ1) is 6.81. The molecule has 1 fully saturated rings. The molecule has 1 atom stereocenters. The van der Waals surface area contributed by atoms with Crippen LogP contribution in [0.5, 0.6) is 0 Å². The maximum atomic E-state index is 5.53. The number of aryl methyl sites for hydroxylation is 1. The first-order valence-corrected chi connectivity index (χ1v) is 5.31. The Balaban J connectivity index is 1.93. The van der Waals surface area contributed by atoms with Crippen molar-refractivity contribution in [2.75, 3.05) is 0 Å². The summed E-state index contributed by atoms with van der Waals surface area (Å²) in [5.74, 6) is 7.47. The SMILES string of the molecule is Cc1ccoc1C(CCC1CC1)NN. The van der Waals surface area contributed by atoms with Gasteiger partial charge in [0.05, 0.1) is 12.3 Å². The van der Waals surface area contributed by atoms with Gasteiger partial charge in [-0.3, -0.25) is 5.84 Å². The molecule has 14 heavy (non-hydrogen) atoms. The van der Waals surface area contributed by atoms with Gasteiger partial charge in [-0.1, -0.05) is 12.8 Å². The Morgan fingerprint density at radius 2 is 2.43 bits per heavy atom. The maximum Gasteiger partial charge on any atom is 0.124 e. The van der Waals surface area contributed by atoms with E-state index >= 15 is 0 Å². The molecule has 3 N–H and O–H groups in total. The van der Waals surface area contributed by atoms with Crippen LogP contribution in [0, 0.1) is 12.8 Å². The average molecular weight is 194 g/mol. The summed E-state index contributed by atoms with van der Waals surface area (Å²) in [6.07, 6.45) is 6.86. The van der Waals surface area contributed by atoms with Crippen LogP contribution in [0.1, 0.15) is 43.0 Å². The summed E-state index contributed by atoms with van der Waals surface area (Å²) in [7, 11) is 0. The summed E-state index contributed by atoms with van der Waals surface area (Å²) in [5.41, 5.74) is 4.02. The van der Waals surface area contributed by atoms with Crippen molar-refractivity contribution in [3.63, 3.8) is 0 Å². The van der Waals surface area contributed by atoms with Gasteiger partial charge in [-0.15, -0.1) is 0 Å². The van der Waals surface area contributed by atoms with Gasteiger partial charge in [0.25, 0.3) is 0 Å². The van der Waals surface area contributed by atoms with E-state index in [2.05, 4.69) is 12.3 Å². The third-order valence-corrected chi connectivity index (χ3v) is 2.98. The Morgan fingerprint density at radius 3 is 2.93 bits per heavy atom. The standard InChI is InChI=1S/C11H18N2O/c1-8-6-7-14-11(8)10(13-12)5-4-9-2-3-9/h6-7,9-10,13H,2-5,12H2,1H3. The number of rotatable bonds is 5. The fourth-order valence-electron chi connectivity index (χ4n) is 1.84. The molecule has 3 nitrogen and oxygen atoms in total. The second kappa shape index (κ2) is 4.15. The Hall–Kier alpha value is -0.800. The molecule has 3 heteroatoms. The van der Waals surface area contributed by atoms with Gasteiger partial charge in [-0.2, -0.15) is 0 Å². The number of hydrogen-bond acceptors (Lipinski definition) is 3. The van der Waals surface area contributed by atoms with E-state index in [9.17, 15) is 0 Å². The Bertz CT molecular complexity index is 291. The quantitative estimate of drug-likeness (QED) is 0.558. The largest absolute Gasteiger partial charge is 0.467 e. The number of nitrogens with two attached hydrogens (primary N) is 1. The van der Waals surface area contributed by atoms with Crippen LogP contribution in [-0.4, -0.2) is 0 Å². The summed E-state index contributed by atoms with van der Waals surface area (Å²) in [4.78, 5) is 0. The lowest BCUT2D eigenvalue weighted by atomic mass is 10.0. The molecule has 0 saturated heterocycles. The molecular formula is C11H18N2O. The second-order valence-corrected chi connectivity index (χ2v) is 4.21. The Morgan fingerprint density at radius 1 is 1.64 bits per heavy atom. The van der Waals surface area contributed by atoms with Gasteiger partial charge >= 0.3 is 0 Å². The van der Waals surface area contributed by atoms with Crippen molar-refractivity contribution in [1.29, 1.82) is 0 Å². The van der Waals surface area contributed by atoms with E-state index < -0.39 is 0 Å². The molecular weight excluding hydrogens is 176 g/mol. The van der Waals surface area contributed by atoms with Crippen LogP contribution in [0.4, 0.5) is 0 Å². The van der Waals surface area contributed by atoms with Gasteiger partial charge in [-0.25, -0.2) is 5.43 Å². The monoisotopic (exact) mass is 194 g/mol. The van der Waals surface area contributed by atoms with Crippen LogP contribution >= 0.6 is 0 Å². The van der Waals surface area contributed by atoms with Crippen LogP contribution in [0.2, 0.25) is 0 Å². The molecule has 78 valence electrons. The molecule has 2 rings (SSSR count). The normalized spacial score (nSPS) is 18.4. The van der Waals surface area contributed by atoms with E-state index in [4.69, 9.17) is 10.3 Å². The van der Waals surface area contributed by atoms with Crippen molar-refractivity contribution in [2.24, 2.45) is 11.8 Å². The van der Waals surface area contributed by atoms with E-state index in [1.54, 1.807) is 6.26 Å². The van der Waals surface area contributed by atoms with Crippen LogP contribution in [-0.2, 0) is 0 Å². The third kappa shape index (κ3) is 2.16. The van der Waals surface area contributed by atoms with Crippen LogP contribution in [0.3, 0.4) is 0 Å². The molecule has 0 spiro atoms. The van der Waals surface area contributed by atoms with Gasteiger partial charge in [0.2, 0.25) is 0 Å². The topological polar surface area (TPSA) is 51.2 Å². The average Bonchev–Trinajstić information content (AvgIpc) is 2.92. The third-order valence-electron chi connectivity index (χ3n) is 2.98. The number of hydrazine groups is 1. The molecule has 1 aromatic rings. The summed E-state index contributed by atoms with van der Waals surface area (Å²) < 4.78 is 5.43. The van der Waals surface area contributed by atoms with Gasteiger partial charge < -0.3 is 4.42 Å². The molecule has 1 aliphatic carbocycles. The van der Waals surface area contributed by atoms with Crippen molar-refractivity contribution < 1.29 is 4.42 Å². The zero-order chi connectivity index (χ0) is 9.97. The lowest BCUT2D eigenvalue weighted by molar-refractivity contribution is 0.386. The zero-order valence-corrected chi connectivity index (χ0v) is 8.62. The molecule has 1 aliphatic rings. The lowest BCUT2D eigenvalue weighted by Gasteiger charge is -2.13. The lowest BCUT2D eigenvalue weighted by Crippen LogP contribution is -2.28. The van der Waals surface area contributed by atoms with Crippen molar-refractivity contribution in [1.82, 2.24) is 5.43 Å². The number of nitrogens with one attached hydrogen (secondary N) is 1. The number of furan rings is 1. The Kier molecular flexibility index (Phi) is 2.89. The summed E-state index contributed by atoms with van der Waals surface area (Å²) in [6, 6.07) is 2.17. The molecule has 1 unspecified atom stereocenters. The zero-order valence-electron chi connectivity index (χ0n) is 8.62. The van der Waals surface area contributed by atoms with E-state index in [1.165, 1.54) is 24.8 Å². The van der Waals surface area contributed by atoms with Crippen LogP contribution < -0.4 is 11.3 Å². The molecule has 1 heterocycles. The first-order valence-electron chi connectivity index (χ1n) is 5.31. The minimum absolute atomic E-state index is 0.186. The fraction of sp³-hybridized carbons (Fsp3) is 0.636. The highest BCUT2D eigenvalue weighted by atomic mass is 16.3. The minimum atomic E-state index is 0.186. The van der Waals surface area contributed by atoms with E-state index in [-0.39, 0.29) is 6.04 Å². The molecule has 0 radical (unpaired) electrons. The molecule has 0 amide bonds. The highest BCUT2D eigenvalue weighted by Crippen LogP contribution is 2.36. The van der Waals surface area contributed by atoms with Crippen molar-refractivity contribution in [3.8, 4) is 0 Å². The summed E-state index contributed by atoms with van der Waals surface area (Å²) in [5, 5.41) is 0. The van der Waals surface area contributed by atoms with E-state index in [0.29, 0.717) is 0 Å². The van der Waals surface area contributed by atoms with Gasteiger partial charge in [0.15, 0.2) is 0 Å². The summed E-state index contributed by atoms with van der Waals surface area (Å²) in [6.45, 7) is 2.06. The highest BCUT2D eigenvalue weighted by molar-refractivity contribution is 5.17. The number of hydrogen-bond donors (Lipinski definition) is 2. The van der Waals surface area contributed by atoms with Crippen LogP contribution in [0.15, 0.2) is 16.7 Å². The molecule has 0 bridgehead atoms. The second-order valence-electron chi connectivity index (χ2n) is 4.21. The first kappa shape index (κ1) is 9.74. The van der Waals surface area contributed by atoms with Crippen molar-refractivity contribution >= 4 is 0 Å². The smallest absolute Gasteiger partial charge is 0.124 e. The highest BCUT2D eigenvalue weighted by Gasteiger charge is 2.24. The fourth-order valence-corrected chi connectivity index (χ4v) is 1.84. The van der Waals surface area contributed by atoms with Gasteiger partial charge in [0, 0.05) is 0 Å². The summed E-state index contributed by atoms with van der Waals surface area (Å²) >= 11 is 0. The van der Waals surface area contributed by atoms with Crippen molar-refractivity contribution in [2.45, 2.75) is 38.6 Å². The van der Waals surface area contributed by atoms with Crippen molar-refractivity contribution in [3.05, 3.63) is 23.7 Å². The molecule has 1 aromatic heterocycles. The molecule has 1 saturated carbocycles. The molecule has 0 aliphatic heterocycles. The van der Waals surface area contributed by atoms with E-state index in [1.807, 2.05) is 6.07 Å². The minimum Gasteiger partial charge on any atom is -0.467 e. The predicted molar refractivity (Wildman–Crippen MR) is 55.5 cm³/mol. The van der Waals surface area contributed by atoms with E-state index in [0.717, 1.165) is 18.1 Å². The Labute approximate surface area is 84.6 Å². The van der Waals surface area contributed by atoms with Crippen LogP contribution in [0.25, 0.3) is 0 Å². The van der Waals surface area contributed by atoms with Gasteiger partial charge in [0.1, 0.15) is 5.76 Å². The maximum absolute atomic E-state index is 5.53. The van der Waals surface area contributed by atoms with Gasteiger partial charge in [-0.05, 0) is 37.3 Å².